The summed E-state index contributed by atoms with van der Waals surface area (Å²) < 4.78 is 6.22. The highest BCUT2D eigenvalue weighted by atomic mass is 16.5. The van der Waals surface area contributed by atoms with Gasteiger partial charge >= 0.3 is 0 Å². The summed E-state index contributed by atoms with van der Waals surface area (Å²) in [6, 6.07) is 6.05. The third-order valence-corrected chi connectivity index (χ3v) is 6.28. The van der Waals surface area contributed by atoms with Gasteiger partial charge in [0.15, 0.2) is 0 Å². The third kappa shape index (κ3) is 5.90. The first kappa shape index (κ1) is 20.6. The van der Waals surface area contributed by atoms with Crippen molar-refractivity contribution in [3.05, 3.63) is 24.4 Å². The van der Waals surface area contributed by atoms with Crippen molar-refractivity contribution in [2.45, 2.75) is 52.2 Å². The number of rotatable bonds is 7. The molecule has 1 aromatic heterocycles. The standard InChI is InChI=1S/C22H37N3O2/c1-17(2)20-8-7-18(3)14-21(20)27-16-19(26)15-24-10-12-25(13-11-24)22-6-4-5-9-23-22/h4-6,9,17-21,26H,7-8,10-16H2,1-3H3/t18-,19+,20-,21+/m1/s1. The number of hydrogen-bond donors (Lipinski definition) is 1. The molecule has 5 heteroatoms. The maximum atomic E-state index is 10.5. The number of ether oxygens (including phenoxy) is 1. The van der Waals surface area contributed by atoms with E-state index in [1.165, 1.54) is 12.8 Å². The Labute approximate surface area is 164 Å². The van der Waals surface area contributed by atoms with Crippen LogP contribution in [-0.2, 0) is 4.74 Å². The van der Waals surface area contributed by atoms with Crippen molar-refractivity contribution in [3.63, 3.8) is 0 Å². The number of anilines is 1. The van der Waals surface area contributed by atoms with Crippen LogP contribution in [0, 0.1) is 17.8 Å². The average molecular weight is 376 g/mol. The summed E-state index contributed by atoms with van der Waals surface area (Å²) >= 11 is 0. The molecule has 3 rings (SSSR count). The topological polar surface area (TPSA) is 48.8 Å². The van der Waals surface area contributed by atoms with Crippen molar-refractivity contribution in [2.24, 2.45) is 17.8 Å². The van der Waals surface area contributed by atoms with Gasteiger partial charge in [-0.15, -0.1) is 0 Å². The first-order valence-electron chi connectivity index (χ1n) is 10.7. The first-order valence-corrected chi connectivity index (χ1v) is 10.7. The number of nitrogens with zero attached hydrogens (tertiary/aromatic N) is 3. The molecule has 1 saturated heterocycles. The lowest BCUT2D eigenvalue weighted by Crippen LogP contribution is -2.49. The van der Waals surface area contributed by atoms with Crippen LogP contribution in [0.5, 0.6) is 0 Å². The lowest BCUT2D eigenvalue weighted by Gasteiger charge is -2.38. The molecule has 1 N–H and O–H groups in total. The summed E-state index contributed by atoms with van der Waals surface area (Å²) in [6.45, 7) is 11.9. The van der Waals surface area contributed by atoms with E-state index in [1.54, 1.807) is 0 Å². The molecule has 0 aromatic carbocycles. The summed E-state index contributed by atoms with van der Waals surface area (Å²) in [7, 11) is 0. The highest BCUT2D eigenvalue weighted by Gasteiger charge is 2.32. The van der Waals surface area contributed by atoms with Gasteiger partial charge in [-0.05, 0) is 42.7 Å². The van der Waals surface area contributed by atoms with Crippen molar-refractivity contribution in [1.29, 1.82) is 0 Å². The Morgan fingerprint density at radius 2 is 1.96 bits per heavy atom. The van der Waals surface area contributed by atoms with E-state index in [0.29, 0.717) is 31.1 Å². The molecule has 5 nitrogen and oxygen atoms in total. The van der Waals surface area contributed by atoms with Gasteiger partial charge in [-0.3, -0.25) is 4.90 Å². The maximum absolute atomic E-state index is 10.5. The molecule has 1 saturated carbocycles. The molecule has 0 amide bonds. The lowest BCUT2D eigenvalue weighted by molar-refractivity contribution is -0.0740. The first-order chi connectivity index (χ1) is 13.0. The predicted molar refractivity (Wildman–Crippen MR) is 110 cm³/mol. The highest BCUT2D eigenvalue weighted by molar-refractivity contribution is 5.38. The number of hydrogen-bond acceptors (Lipinski definition) is 5. The van der Waals surface area contributed by atoms with E-state index in [2.05, 4.69) is 41.6 Å². The minimum absolute atomic E-state index is 0.310. The van der Waals surface area contributed by atoms with Crippen LogP contribution in [-0.4, -0.2) is 66.5 Å². The Balaban J connectivity index is 1.40. The molecule has 0 bridgehead atoms. The number of aliphatic hydroxyl groups is 1. The summed E-state index contributed by atoms with van der Waals surface area (Å²) in [5.41, 5.74) is 0. The van der Waals surface area contributed by atoms with Gasteiger partial charge in [0.25, 0.3) is 0 Å². The van der Waals surface area contributed by atoms with Crippen molar-refractivity contribution in [2.75, 3.05) is 44.2 Å². The number of pyridine rings is 1. The molecule has 1 aromatic rings. The maximum Gasteiger partial charge on any atom is 0.128 e. The average Bonchev–Trinajstić information content (AvgIpc) is 2.67. The number of aliphatic hydroxyl groups excluding tert-OH is 1. The van der Waals surface area contributed by atoms with E-state index in [-0.39, 0.29) is 0 Å². The van der Waals surface area contributed by atoms with Gasteiger partial charge in [-0.25, -0.2) is 4.98 Å². The second-order valence-electron chi connectivity index (χ2n) is 8.83. The van der Waals surface area contributed by atoms with E-state index in [0.717, 1.165) is 44.3 Å². The Hall–Kier alpha value is -1.17. The highest BCUT2D eigenvalue weighted by Crippen LogP contribution is 2.35. The molecule has 2 aliphatic rings. The molecule has 0 unspecified atom stereocenters. The van der Waals surface area contributed by atoms with Gasteiger partial charge in [0.1, 0.15) is 5.82 Å². The molecule has 1 aliphatic carbocycles. The van der Waals surface area contributed by atoms with Crippen LogP contribution in [0.2, 0.25) is 0 Å². The summed E-state index contributed by atoms with van der Waals surface area (Å²) in [5.74, 6) is 3.07. The summed E-state index contributed by atoms with van der Waals surface area (Å²) in [6.07, 6.45) is 5.46. The SMILES string of the molecule is CC(C)[C@H]1CC[C@@H](C)C[C@@H]1OC[C@@H](O)CN1CCN(c2ccccn2)CC1. The van der Waals surface area contributed by atoms with Crippen LogP contribution in [0.25, 0.3) is 0 Å². The molecule has 2 fully saturated rings. The minimum atomic E-state index is -0.406. The van der Waals surface area contributed by atoms with Crippen molar-refractivity contribution < 1.29 is 9.84 Å². The summed E-state index contributed by atoms with van der Waals surface area (Å²) in [5, 5.41) is 10.5. The lowest BCUT2D eigenvalue weighted by atomic mass is 9.75. The third-order valence-electron chi connectivity index (χ3n) is 6.28. The summed E-state index contributed by atoms with van der Waals surface area (Å²) in [4.78, 5) is 9.09. The van der Waals surface area contributed by atoms with Crippen LogP contribution >= 0.6 is 0 Å². The molecular formula is C22H37N3O2. The Bertz CT molecular complexity index is 546. The van der Waals surface area contributed by atoms with Crippen LogP contribution in [0.1, 0.15) is 40.0 Å². The predicted octanol–water partition coefficient (Wildman–Crippen LogP) is 3.04. The van der Waals surface area contributed by atoms with Crippen molar-refractivity contribution in [3.8, 4) is 0 Å². The largest absolute Gasteiger partial charge is 0.389 e. The van der Waals surface area contributed by atoms with Gasteiger partial charge in [0.2, 0.25) is 0 Å². The molecule has 0 spiro atoms. The second kappa shape index (κ2) is 9.85. The zero-order chi connectivity index (χ0) is 19.2. The number of aromatic nitrogens is 1. The molecular weight excluding hydrogens is 338 g/mol. The van der Waals surface area contributed by atoms with Crippen molar-refractivity contribution in [1.82, 2.24) is 9.88 Å². The van der Waals surface area contributed by atoms with Gasteiger partial charge < -0.3 is 14.7 Å². The van der Waals surface area contributed by atoms with Crippen molar-refractivity contribution >= 4 is 5.82 Å². The van der Waals surface area contributed by atoms with Gasteiger partial charge in [-0.2, -0.15) is 0 Å². The zero-order valence-corrected chi connectivity index (χ0v) is 17.3. The van der Waals surface area contributed by atoms with E-state index < -0.39 is 6.10 Å². The number of piperazine rings is 1. The molecule has 0 radical (unpaired) electrons. The molecule has 27 heavy (non-hydrogen) atoms. The number of β-amino-alcohol motifs (C(OH)–C–C–N with tert-alkyl or cyclic N) is 1. The minimum Gasteiger partial charge on any atom is -0.389 e. The Morgan fingerprint density at radius 3 is 2.63 bits per heavy atom. The normalized spacial score (nSPS) is 28.5. The van der Waals surface area contributed by atoms with Crippen LogP contribution in [0.4, 0.5) is 5.82 Å². The second-order valence-corrected chi connectivity index (χ2v) is 8.83. The molecule has 1 aliphatic heterocycles. The monoisotopic (exact) mass is 375 g/mol. The van der Waals surface area contributed by atoms with Gasteiger partial charge in [-0.1, -0.05) is 33.3 Å². The van der Waals surface area contributed by atoms with Crippen LogP contribution < -0.4 is 4.90 Å². The van der Waals surface area contributed by atoms with E-state index in [1.807, 2.05) is 18.3 Å². The Morgan fingerprint density at radius 1 is 1.19 bits per heavy atom. The van der Waals surface area contributed by atoms with E-state index >= 15 is 0 Å². The smallest absolute Gasteiger partial charge is 0.128 e. The van der Waals surface area contributed by atoms with E-state index in [4.69, 9.17) is 4.74 Å². The fourth-order valence-electron chi connectivity index (χ4n) is 4.59. The molecule has 4 atom stereocenters. The fraction of sp³-hybridized carbons (Fsp3) is 0.773. The van der Waals surface area contributed by atoms with Gasteiger partial charge in [0, 0.05) is 38.9 Å². The Kier molecular flexibility index (Phi) is 7.50. The van der Waals surface area contributed by atoms with Crippen LogP contribution in [0.15, 0.2) is 24.4 Å². The zero-order valence-electron chi connectivity index (χ0n) is 17.3. The van der Waals surface area contributed by atoms with E-state index in [9.17, 15) is 5.11 Å². The van der Waals surface area contributed by atoms with Crippen LogP contribution in [0.3, 0.4) is 0 Å². The molecule has 2 heterocycles. The fourth-order valence-corrected chi connectivity index (χ4v) is 4.59. The van der Waals surface area contributed by atoms with Gasteiger partial charge in [0.05, 0.1) is 18.8 Å². The molecule has 152 valence electrons. The quantitative estimate of drug-likeness (QED) is 0.794.